The molecule has 1 aliphatic carbocycles. The summed E-state index contributed by atoms with van der Waals surface area (Å²) in [5.74, 6) is 1.56. The van der Waals surface area contributed by atoms with Crippen molar-refractivity contribution in [2.24, 2.45) is 16.7 Å². The molecule has 5 aromatic rings. The molecule has 60 heavy (non-hydrogen) atoms. The van der Waals surface area contributed by atoms with E-state index < -0.39 is 10.8 Å². The number of carbonyl (C=O) groups excluding carboxylic acids is 3. The van der Waals surface area contributed by atoms with Crippen molar-refractivity contribution in [2.45, 2.75) is 78.0 Å². The molecule has 4 fully saturated rings. The second-order valence-electron chi connectivity index (χ2n) is 18.0. The molecule has 1 saturated carbocycles. The van der Waals surface area contributed by atoms with Gasteiger partial charge in [-0.2, -0.15) is 5.26 Å². The third-order valence-corrected chi connectivity index (χ3v) is 13.4. The summed E-state index contributed by atoms with van der Waals surface area (Å²) < 4.78 is 8.90. The Labute approximate surface area is 349 Å². The number of nitrogens with one attached hydrogen (secondary N) is 2. The maximum atomic E-state index is 13.6. The summed E-state index contributed by atoms with van der Waals surface area (Å²) in [7, 11) is 0. The third kappa shape index (κ3) is 7.06. The number of nitrogens with zero attached hydrogens (tertiary/aromatic N) is 9. The fourth-order valence-electron chi connectivity index (χ4n) is 10.5. The molecule has 0 bridgehead atoms. The first-order valence-electron chi connectivity index (χ1n) is 21.1. The van der Waals surface area contributed by atoms with Gasteiger partial charge in [0, 0.05) is 98.0 Å². The number of fused-ring (bicyclic) bond motifs is 2. The standard InChI is InChI=1S/C45H51N11O4/c1-44(2)41(45(3,4)42(44)60-35-9-7-29(26-46)38-32(35)6-5-18-47-38)50-40(58)33-8-10-36(52-51-33)54-22-12-28(13-23-54)27-53-20-14-30(15-21-53)55-24-16-31-34(11-19-48-39(31)55)56-25-17-37(57)49-43(56)59/h5-11,16,18-19,24,28,30,41-42H,12-15,17,20-23,25,27H2,1-4H3,(H,50,58)(H,49,57,59). The molecule has 4 aliphatic rings. The zero-order valence-corrected chi connectivity index (χ0v) is 34.6. The van der Waals surface area contributed by atoms with Crippen molar-refractivity contribution in [1.29, 1.82) is 5.26 Å². The Kier molecular flexibility index (Phi) is 10.1. The Morgan fingerprint density at radius 1 is 0.900 bits per heavy atom. The molecule has 3 saturated heterocycles. The molecule has 4 aromatic heterocycles. The van der Waals surface area contributed by atoms with Crippen LogP contribution in [0.15, 0.2) is 67.1 Å². The molecule has 15 nitrogen and oxygen atoms in total. The van der Waals surface area contributed by atoms with Crippen molar-refractivity contribution in [3.05, 3.63) is 78.4 Å². The minimum Gasteiger partial charge on any atom is -0.488 e. The molecule has 0 spiro atoms. The van der Waals surface area contributed by atoms with Gasteiger partial charge in [-0.25, -0.2) is 9.78 Å². The van der Waals surface area contributed by atoms with Gasteiger partial charge in [-0.05, 0) is 80.1 Å². The van der Waals surface area contributed by atoms with Crippen LogP contribution < -0.4 is 25.2 Å². The summed E-state index contributed by atoms with van der Waals surface area (Å²) >= 11 is 0. The topological polar surface area (TPSA) is 174 Å². The van der Waals surface area contributed by atoms with Crippen molar-refractivity contribution >= 4 is 51.3 Å². The van der Waals surface area contributed by atoms with Crippen LogP contribution in [0.4, 0.5) is 16.3 Å². The van der Waals surface area contributed by atoms with Crippen LogP contribution in [0.1, 0.15) is 81.9 Å². The molecular formula is C45H51N11O4. The Bertz CT molecular complexity index is 2480. The quantitative estimate of drug-likeness (QED) is 0.183. The van der Waals surface area contributed by atoms with E-state index in [1.54, 1.807) is 29.4 Å². The van der Waals surface area contributed by atoms with E-state index in [1.165, 1.54) is 0 Å². The number of ether oxygens (including phenoxy) is 1. The first-order chi connectivity index (χ1) is 28.9. The van der Waals surface area contributed by atoms with Crippen molar-refractivity contribution in [2.75, 3.05) is 49.1 Å². The van der Waals surface area contributed by atoms with Gasteiger partial charge in [-0.15, -0.1) is 10.2 Å². The predicted molar refractivity (Wildman–Crippen MR) is 227 cm³/mol. The highest BCUT2D eigenvalue weighted by molar-refractivity contribution is 6.09. The maximum Gasteiger partial charge on any atom is 0.328 e. The molecular weight excluding hydrogens is 759 g/mol. The van der Waals surface area contributed by atoms with Gasteiger partial charge in [0.2, 0.25) is 5.91 Å². The lowest BCUT2D eigenvalue weighted by molar-refractivity contribution is -0.163. The Balaban J connectivity index is 0.751. The minimum absolute atomic E-state index is 0.180. The molecule has 1 aromatic carbocycles. The molecule has 0 atom stereocenters. The number of rotatable bonds is 9. The van der Waals surface area contributed by atoms with Gasteiger partial charge in [0.25, 0.3) is 5.91 Å². The highest BCUT2D eigenvalue weighted by Crippen LogP contribution is 2.56. The number of nitriles is 1. The number of likely N-dealkylation sites (tertiary alicyclic amines) is 1. The van der Waals surface area contributed by atoms with Gasteiger partial charge in [-0.1, -0.05) is 27.7 Å². The summed E-state index contributed by atoms with van der Waals surface area (Å²) in [4.78, 5) is 53.4. The average Bonchev–Trinajstić information content (AvgIpc) is 3.70. The van der Waals surface area contributed by atoms with Gasteiger partial charge in [-0.3, -0.25) is 24.8 Å². The first kappa shape index (κ1) is 39.3. The van der Waals surface area contributed by atoms with Gasteiger partial charge >= 0.3 is 6.03 Å². The number of aromatic nitrogens is 5. The molecule has 0 unspecified atom stereocenters. The second kappa shape index (κ2) is 15.5. The number of pyridine rings is 2. The lowest BCUT2D eigenvalue weighted by Crippen LogP contribution is -2.74. The Morgan fingerprint density at radius 2 is 1.68 bits per heavy atom. The zero-order valence-electron chi connectivity index (χ0n) is 34.6. The molecule has 4 amide bonds. The van der Waals surface area contributed by atoms with E-state index in [0.29, 0.717) is 35.3 Å². The zero-order chi connectivity index (χ0) is 41.8. The third-order valence-electron chi connectivity index (χ3n) is 13.4. The minimum atomic E-state index is -0.395. The van der Waals surface area contributed by atoms with E-state index >= 15 is 0 Å². The van der Waals surface area contributed by atoms with Crippen LogP contribution in [-0.2, 0) is 4.79 Å². The van der Waals surface area contributed by atoms with E-state index in [-0.39, 0.29) is 42.1 Å². The predicted octanol–water partition coefficient (Wildman–Crippen LogP) is 5.86. The van der Waals surface area contributed by atoms with Crippen LogP contribution >= 0.6 is 0 Å². The van der Waals surface area contributed by atoms with E-state index in [0.717, 1.165) is 86.3 Å². The summed E-state index contributed by atoms with van der Waals surface area (Å²) in [5, 5.41) is 25.8. The molecule has 3 aliphatic heterocycles. The number of urea groups is 1. The van der Waals surface area contributed by atoms with E-state index in [9.17, 15) is 19.6 Å². The number of piperidine rings is 2. The van der Waals surface area contributed by atoms with E-state index in [4.69, 9.17) is 9.72 Å². The van der Waals surface area contributed by atoms with Gasteiger partial charge < -0.3 is 24.4 Å². The van der Waals surface area contributed by atoms with Gasteiger partial charge in [0.15, 0.2) is 11.5 Å². The number of imide groups is 1. The largest absolute Gasteiger partial charge is 0.488 e. The normalized spacial score (nSPS) is 22.3. The second-order valence-corrected chi connectivity index (χ2v) is 18.0. The monoisotopic (exact) mass is 809 g/mol. The number of hydrogen-bond donors (Lipinski definition) is 2. The number of benzene rings is 1. The fraction of sp³-hybridized carbons (Fsp3) is 0.467. The van der Waals surface area contributed by atoms with Crippen LogP contribution in [0.25, 0.3) is 21.9 Å². The summed E-state index contributed by atoms with van der Waals surface area (Å²) in [6, 6.07) is 16.9. The van der Waals surface area contributed by atoms with Crippen LogP contribution in [0.3, 0.4) is 0 Å². The molecule has 0 radical (unpaired) electrons. The van der Waals surface area contributed by atoms with Crippen molar-refractivity contribution in [3.8, 4) is 11.8 Å². The maximum absolute atomic E-state index is 13.6. The van der Waals surface area contributed by atoms with Crippen LogP contribution in [0.5, 0.6) is 5.75 Å². The Hall–Kier alpha value is -6.14. The van der Waals surface area contributed by atoms with Gasteiger partial charge in [0.05, 0.1) is 16.8 Å². The smallest absolute Gasteiger partial charge is 0.328 e. The van der Waals surface area contributed by atoms with Crippen molar-refractivity contribution in [3.63, 3.8) is 0 Å². The van der Waals surface area contributed by atoms with Crippen LogP contribution in [0, 0.1) is 28.1 Å². The average molecular weight is 810 g/mol. The summed E-state index contributed by atoms with van der Waals surface area (Å²) in [6.45, 7) is 13.7. The molecule has 7 heterocycles. The molecule has 15 heteroatoms. The molecule has 9 rings (SSSR count). The lowest BCUT2D eigenvalue weighted by atomic mass is 9.49. The molecule has 310 valence electrons. The fourth-order valence-corrected chi connectivity index (χ4v) is 10.5. The van der Waals surface area contributed by atoms with Crippen LogP contribution in [-0.4, -0.2) is 98.9 Å². The van der Waals surface area contributed by atoms with E-state index in [2.05, 4.69) is 80.1 Å². The lowest BCUT2D eigenvalue weighted by Gasteiger charge is -2.63. The number of hydrogen-bond acceptors (Lipinski definition) is 11. The Morgan fingerprint density at radius 3 is 2.40 bits per heavy atom. The molecule has 2 N–H and O–H groups in total. The summed E-state index contributed by atoms with van der Waals surface area (Å²) in [5.41, 5.74) is 2.27. The highest BCUT2D eigenvalue weighted by atomic mass is 16.5. The summed E-state index contributed by atoms with van der Waals surface area (Å²) in [6.07, 6.45) is 9.79. The SMILES string of the molecule is CC1(C)C(NC(=O)c2ccc(N3CCC(CN4CCC(n5ccc6c(N7CCC(=O)NC7=O)ccnc65)CC4)CC3)nn2)C(C)(C)C1Oc1ccc(C#N)c2ncccc12. The number of amides is 4. The van der Waals surface area contributed by atoms with E-state index in [1.807, 2.05) is 36.4 Å². The highest BCUT2D eigenvalue weighted by Gasteiger charge is 2.64. The van der Waals surface area contributed by atoms with Crippen LogP contribution in [0.2, 0.25) is 0 Å². The van der Waals surface area contributed by atoms with Gasteiger partial charge in [0.1, 0.15) is 23.6 Å². The van der Waals surface area contributed by atoms with Crippen molar-refractivity contribution < 1.29 is 19.1 Å². The number of anilines is 2. The first-order valence-corrected chi connectivity index (χ1v) is 21.1. The number of carbonyl (C=O) groups is 3. The van der Waals surface area contributed by atoms with Crippen molar-refractivity contribution in [1.82, 2.24) is 40.3 Å².